The molecule has 2 aromatic carbocycles. The third-order valence-electron chi connectivity index (χ3n) is 6.89. The fraction of sp³-hybridized carbons (Fsp3) is 0.207. The van der Waals surface area contributed by atoms with Crippen molar-refractivity contribution in [3.63, 3.8) is 0 Å². The maximum absolute atomic E-state index is 13.7. The first kappa shape index (κ1) is 26.8. The smallest absolute Gasteiger partial charge is 0.338 e. The number of aromatic nitrogens is 1. The minimum Gasteiger partial charge on any atom is -0.469 e. The summed E-state index contributed by atoms with van der Waals surface area (Å²) >= 11 is 2.08. The number of amides is 3. The molecule has 0 radical (unpaired) electrons. The number of ether oxygens (including phenoxy) is 1. The first-order valence-electron chi connectivity index (χ1n) is 12.8. The fourth-order valence-corrected chi connectivity index (χ4v) is 7.86. The largest absolute Gasteiger partial charge is 0.469 e. The average molecular weight is 590 g/mol. The highest BCUT2D eigenvalue weighted by Crippen LogP contribution is 2.53. The molecule has 2 aromatic heterocycles. The number of benzene rings is 2. The summed E-state index contributed by atoms with van der Waals surface area (Å²) in [5.41, 5.74) is 1.27. The number of thiazole rings is 1. The minimum atomic E-state index is -0.802. The molecule has 1 N–H and O–H groups in total. The second-order valence-electron chi connectivity index (χ2n) is 9.37. The Hall–Kier alpha value is -4.42. The second kappa shape index (κ2) is 10.9. The summed E-state index contributed by atoms with van der Waals surface area (Å²) in [4.78, 5) is 66.8. The Bertz CT molecular complexity index is 1690. The van der Waals surface area contributed by atoms with Gasteiger partial charge in [-0.1, -0.05) is 41.3 Å². The summed E-state index contributed by atoms with van der Waals surface area (Å²) in [7, 11) is 0. The third-order valence-corrected chi connectivity index (χ3v) is 9.50. The quantitative estimate of drug-likeness (QED) is 0.252. The van der Waals surface area contributed by atoms with Crippen LogP contribution in [0.25, 0.3) is 0 Å². The van der Waals surface area contributed by atoms with Gasteiger partial charge in [-0.25, -0.2) is 9.69 Å². The van der Waals surface area contributed by atoms with Gasteiger partial charge in [0.1, 0.15) is 17.6 Å². The number of hydrogen-bond donors (Lipinski definition) is 1. The summed E-state index contributed by atoms with van der Waals surface area (Å²) < 4.78 is 12.0. The van der Waals surface area contributed by atoms with Gasteiger partial charge in [0.05, 0.1) is 45.9 Å². The number of carbonyl (C=O) groups excluding carboxylic acids is 4. The standard InChI is InChI=1S/C29H23N3O7S2/c1-2-38-28(36)16-10-12-17(13-11-16)30-20(33)15-31-27-24(41-29(31)37)21(19-9-6-14-39-19)22-23(40-27)26(35)32(25(22)34)18-7-4-3-5-8-18/h3-14,21-23H,2,15H2,1H3,(H,30,33)/t21-,22?,23?/m1/s1. The molecular formula is C29H23N3O7S2. The maximum Gasteiger partial charge on any atom is 0.338 e. The molecule has 4 heterocycles. The molecule has 1 saturated heterocycles. The highest BCUT2D eigenvalue weighted by atomic mass is 32.2. The number of imide groups is 1. The van der Waals surface area contributed by atoms with E-state index in [-0.39, 0.29) is 29.8 Å². The Morgan fingerprint density at radius 2 is 1.73 bits per heavy atom. The van der Waals surface area contributed by atoms with E-state index < -0.39 is 29.0 Å². The lowest BCUT2D eigenvalue weighted by molar-refractivity contribution is -0.122. The van der Waals surface area contributed by atoms with Crippen molar-refractivity contribution < 1.29 is 28.3 Å². The fourth-order valence-electron chi connectivity index (χ4n) is 5.11. The van der Waals surface area contributed by atoms with Gasteiger partial charge in [0.2, 0.25) is 17.7 Å². The van der Waals surface area contributed by atoms with Crippen molar-refractivity contribution >= 4 is 58.2 Å². The van der Waals surface area contributed by atoms with E-state index in [4.69, 9.17) is 9.15 Å². The van der Waals surface area contributed by atoms with E-state index >= 15 is 0 Å². The van der Waals surface area contributed by atoms with E-state index in [1.54, 1.807) is 61.5 Å². The summed E-state index contributed by atoms with van der Waals surface area (Å²) in [6, 6.07) is 18.4. The van der Waals surface area contributed by atoms with Crippen LogP contribution >= 0.6 is 23.1 Å². The Balaban J connectivity index is 1.30. The van der Waals surface area contributed by atoms with Crippen LogP contribution in [-0.2, 0) is 25.7 Å². The molecular weight excluding hydrogens is 566 g/mol. The molecule has 3 amide bonds. The molecule has 0 saturated carbocycles. The summed E-state index contributed by atoms with van der Waals surface area (Å²) in [6.45, 7) is 1.66. The van der Waals surface area contributed by atoms with Gasteiger partial charge in [0.25, 0.3) is 0 Å². The summed E-state index contributed by atoms with van der Waals surface area (Å²) in [5, 5.41) is 2.40. The number of hydrogen-bond acceptors (Lipinski definition) is 9. The Morgan fingerprint density at radius 3 is 2.41 bits per heavy atom. The zero-order valence-electron chi connectivity index (χ0n) is 21.6. The monoisotopic (exact) mass is 589 g/mol. The van der Waals surface area contributed by atoms with Gasteiger partial charge in [-0.3, -0.25) is 23.7 Å². The molecule has 6 rings (SSSR count). The van der Waals surface area contributed by atoms with Crippen LogP contribution in [0.5, 0.6) is 0 Å². The first-order chi connectivity index (χ1) is 19.9. The van der Waals surface area contributed by atoms with E-state index in [1.165, 1.54) is 27.9 Å². The Morgan fingerprint density at radius 1 is 0.976 bits per heavy atom. The maximum atomic E-state index is 13.7. The Kier molecular flexibility index (Phi) is 7.10. The molecule has 208 valence electrons. The zero-order chi connectivity index (χ0) is 28.7. The summed E-state index contributed by atoms with van der Waals surface area (Å²) in [5.74, 6) is -2.63. The van der Waals surface area contributed by atoms with Crippen molar-refractivity contribution in [2.45, 2.75) is 29.7 Å². The lowest BCUT2D eigenvalue weighted by Gasteiger charge is -2.29. The number of furan rings is 1. The predicted molar refractivity (Wildman–Crippen MR) is 152 cm³/mol. The molecule has 3 atom stereocenters. The molecule has 0 aliphatic carbocycles. The number of carbonyl (C=O) groups is 4. The molecule has 2 aliphatic rings. The van der Waals surface area contributed by atoms with E-state index in [1.807, 2.05) is 0 Å². The van der Waals surface area contributed by atoms with Crippen molar-refractivity contribution in [1.29, 1.82) is 0 Å². The number of nitrogens with zero attached hydrogens (tertiary/aromatic N) is 2. The Labute approximate surface area is 241 Å². The zero-order valence-corrected chi connectivity index (χ0v) is 23.3. The minimum absolute atomic E-state index is 0.251. The highest BCUT2D eigenvalue weighted by molar-refractivity contribution is 8.00. The van der Waals surface area contributed by atoms with Gasteiger partial charge in [-0.2, -0.15) is 0 Å². The van der Waals surface area contributed by atoms with E-state index in [0.29, 0.717) is 32.6 Å². The van der Waals surface area contributed by atoms with Crippen LogP contribution in [-0.4, -0.2) is 40.1 Å². The van der Waals surface area contributed by atoms with Crippen molar-refractivity contribution in [2.24, 2.45) is 5.92 Å². The van der Waals surface area contributed by atoms with Gasteiger partial charge in [0, 0.05) is 5.69 Å². The first-order valence-corrected chi connectivity index (χ1v) is 14.5. The molecule has 0 spiro atoms. The second-order valence-corrected chi connectivity index (χ2v) is 11.5. The molecule has 2 aliphatic heterocycles. The van der Waals surface area contributed by atoms with E-state index in [0.717, 1.165) is 23.1 Å². The number of anilines is 2. The van der Waals surface area contributed by atoms with Crippen LogP contribution in [0.3, 0.4) is 0 Å². The average Bonchev–Trinajstić information content (AvgIpc) is 3.67. The van der Waals surface area contributed by atoms with Crippen molar-refractivity contribution in [3.05, 3.63) is 98.9 Å². The molecule has 10 nitrogen and oxygen atoms in total. The molecule has 41 heavy (non-hydrogen) atoms. The third kappa shape index (κ3) is 4.78. The summed E-state index contributed by atoms with van der Waals surface area (Å²) in [6.07, 6.45) is 1.49. The van der Waals surface area contributed by atoms with Gasteiger partial charge in [-0.15, -0.1) is 0 Å². The SMILES string of the molecule is CCOC(=O)c1ccc(NC(=O)Cn2c3c(sc2=O)[C@H](c2ccco2)C2C(=O)N(c4ccccc4)C(=O)C2S3)cc1. The van der Waals surface area contributed by atoms with Crippen molar-refractivity contribution in [2.75, 3.05) is 16.8 Å². The van der Waals surface area contributed by atoms with E-state index in [2.05, 4.69) is 5.32 Å². The molecule has 4 aromatic rings. The van der Waals surface area contributed by atoms with Crippen LogP contribution in [0.15, 0.2) is 87.2 Å². The normalized spacial score (nSPS) is 19.5. The molecule has 12 heteroatoms. The number of thioether (sulfide) groups is 1. The predicted octanol–water partition coefficient (Wildman–Crippen LogP) is 4.11. The molecule has 1 fully saturated rings. The number of fused-ring (bicyclic) bond motifs is 2. The number of esters is 1. The van der Waals surface area contributed by atoms with Gasteiger partial charge >= 0.3 is 10.8 Å². The van der Waals surface area contributed by atoms with Crippen LogP contribution in [0, 0.1) is 5.92 Å². The number of rotatable bonds is 7. The van der Waals surface area contributed by atoms with Crippen LogP contribution in [0.4, 0.5) is 11.4 Å². The van der Waals surface area contributed by atoms with Crippen LogP contribution < -0.4 is 15.1 Å². The topological polar surface area (TPSA) is 128 Å². The van der Waals surface area contributed by atoms with Gasteiger partial charge in [0.15, 0.2) is 0 Å². The lowest BCUT2D eigenvalue weighted by Crippen LogP contribution is -2.32. The highest BCUT2D eigenvalue weighted by Gasteiger charge is 2.57. The molecule has 2 unspecified atom stereocenters. The van der Waals surface area contributed by atoms with Crippen LogP contribution in [0.2, 0.25) is 0 Å². The van der Waals surface area contributed by atoms with Gasteiger partial charge < -0.3 is 14.5 Å². The van der Waals surface area contributed by atoms with Gasteiger partial charge in [-0.05, 0) is 55.5 Å². The van der Waals surface area contributed by atoms with E-state index in [9.17, 15) is 24.0 Å². The van der Waals surface area contributed by atoms with Crippen molar-refractivity contribution in [3.8, 4) is 0 Å². The number of para-hydroxylation sites is 1. The lowest BCUT2D eigenvalue weighted by atomic mass is 9.87. The van der Waals surface area contributed by atoms with Crippen LogP contribution in [0.1, 0.15) is 33.8 Å². The molecule has 0 bridgehead atoms. The van der Waals surface area contributed by atoms with Crippen molar-refractivity contribution in [1.82, 2.24) is 4.57 Å². The number of nitrogens with one attached hydrogen (secondary N) is 1.